The van der Waals surface area contributed by atoms with E-state index in [1.54, 1.807) is 49.3 Å². The van der Waals surface area contributed by atoms with Crippen LogP contribution in [-0.2, 0) is 20.8 Å². The quantitative estimate of drug-likeness (QED) is 0.214. The molecule has 43 heavy (non-hydrogen) atoms. The Labute approximate surface area is 247 Å². The minimum Gasteiger partial charge on any atom is -0.508 e. The molecule has 0 radical (unpaired) electrons. The first kappa shape index (κ1) is 30.0. The number of aromatic hydroxyl groups is 1. The molecule has 0 heterocycles. The summed E-state index contributed by atoms with van der Waals surface area (Å²) in [6, 6.07) is 6.95. The summed E-state index contributed by atoms with van der Waals surface area (Å²) in [4.78, 5) is 54.7. The lowest BCUT2D eigenvalue weighted by molar-refractivity contribution is -0.154. The minimum absolute atomic E-state index is 0.0772. The van der Waals surface area contributed by atoms with Crippen LogP contribution in [0.4, 0.5) is 5.69 Å². The number of nitrogens with two attached hydrogens (primary N) is 2. The molecule has 0 spiro atoms. The fourth-order valence-corrected chi connectivity index (χ4v) is 6.90. The molecular weight excluding hydrogens is 556 g/mol. The Morgan fingerprint density at radius 2 is 1.63 bits per heavy atom. The van der Waals surface area contributed by atoms with E-state index in [1.807, 2.05) is 0 Å². The number of Topliss-reactive ketones (excluding diaryl/α,β-unsaturated/α-hetero) is 3. The molecule has 1 saturated carbocycles. The summed E-state index contributed by atoms with van der Waals surface area (Å²) in [5.41, 5.74) is 8.67. The maximum absolute atomic E-state index is 14.2. The zero-order chi connectivity index (χ0) is 31.9. The number of hydrogen-bond donors (Lipinski definition) is 6. The summed E-state index contributed by atoms with van der Waals surface area (Å²) in [7, 11) is 6.55. The number of likely N-dealkylation sites (N-methyl/N-ethyl adjacent to an activating group) is 1. The van der Waals surface area contributed by atoms with E-state index in [4.69, 9.17) is 11.5 Å². The van der Waals surface area contributed by atoms with Crippen molar-refractivity contribution in [3.05, 3.63) is 63.9 Å². The van der Waals surface area contributed by atoms with Crippen molar-refractivity contribution in [1.82, 2.24) is 4.90 Å². The zero-order valence-corrected chi connectivity index (χ0v) is 24.4. The van der Waals surface area contributed by atoms with Crippen LogP contribution in [-0.4, -0.2) is 94.0 Å². The lowest BCUT2D eigenvalue weighted by Gasteiger charge is -2.53. The molecule has 4 atom stereocenters. The van der Waals surface area contributed by atoms with Gasteiger partial charge in [0.05, 0.1) is 22.7 Å². The van der Waals surface area contributed by atoms with Gasteiger partial charge in [0.2, 0.25) is 5.78 Å². The Morgan fingerprint density at radius 1 is 1.02 bits per heavy atom. The van der Waals surface area contributed by atoms with Crippen LogP contribution in [0.5, 0.6) is 5.75 Å². The molecule has 2 aromatic carbocycles. The smallest absolute Gasteiger partial charge is 0.255 e. The fourth-order valence-electron chi connectivity index (χ4n) is 6.90. The van der Waals surface area contributed by atoms with Gasteiger partial charge in [-0.1, -0.05) is 24.3 Å². The van der Waals surface area contributed by atoms with Crippen molar-refractivity contribution in [3.8, 4) is 16.9 Å². The predicted molar refractivity (Wildman–Crippen MR) is 157 cm³/mol. The third kappa shape index (κ3) is 4.08. The van der Waals surface area contributed by atoms with E-state index in [0.717, 1.165) is 0 Å². The number of rotatable bonds is 5. The van der Waals surface area contributed by atoms with Crippen molar-refractivity contribution in [3.63, 3.8) is 0 Å². The van der Waals surface area contributed by atoms with E-state index in [9.17, 15) is 39.6 Å². The van der Waals surface area contributed by atoms with E-state index in [-0.39, 0.29) is 29.9 Å². The van der Waals surface area contributed by atoms with Crippen molar-refractivity contribution in [1.29, 1.82) is 0 Å². The number of aliphatic hydroxyl groups excluding tert-OH is 2. The molecule has 8 N–H and O–H groups in total. The van der Waals surface area contributed by atoms with Crippen LogP contribution in [0, 0.1) is 5.92 Å². The van der Waals surface area contributed by atoms with Gasteiger partial charge in [0, 0.05) is 36.8 Å². The van der Waals surface area contributed by atoms with Crippen LogP contribution in [0.25, 0.3) is 16.9 Å². The van der Waals surface area contributed by atoms with Crippen molar-refractivity contribution in [2.75, 3.05) is 33.1 Å². The van der Waals surface area contributed by atoms with Gasteiger partial charge in [-0.05, 0) is 51.1 Å². The van der Waals surface area contributed by atoms with Gasteiger partial charge in [0.15, 0.2) is 17.2 Å². The average molecular weight is 591 g/mol. The number of nitrogens with zero attached hydrogens (tertiary/aromatic N) is 2. The SMILES string of the molecule is CC(=O)c1ccc(-c2cc(N(C)C)c3c(c2O)C(O)=C2C(=O)[C@]4(O)C(O)=C(C(N)=O)C(=O)[C@@H](N(C)C)[C@@H]4C[C@]2(N)C3)cc1. The molecule has 3 aliphatic carbocycles. The highest BCUT2D eigenvalue weighted by molar-refractivity contribution is 6.25. The number of phenols is 1. The number of primary amides is 1. The number of ketones is 3. The predicted octanol–water partition coefficient (Wildman–Crippen LogP) is 0.981. The zero-order valence-electron chi connectivity index (χ0n) is 24.4. The van der Waals surface area contributed by atoms with Crippen molar-refractivity contribution in [2.45, 2.75) is 36.9 Å². The Bertz CT molecular complexity index is 1690. The number of aliphatic hydroxyl groups is 3. The maximum Gasteiger partial charge on any atom is 0.255 e. The van der Waals surface area contributed by atoms with Gasteiger partial charge in [0.1, 0.15) is 22.8 Å². The van der Waals surface area contributed by atoms with E-state index >= 15 is 0 Å². The van der Waals surface area contributed by atoms with Gasteiger partial charge in [0.25, 0.3) is 5.91 Å². The number of carbonyl (C=O) groups excluding carboxylic acids is 4. The maximum atomic E-state index is 14.2. The molecule has 2 aromatic rings. The Morgan fingerprint density at radius 3 is 2.14 bits per heavy atom. The van der Waals surface area contributed by atoms with Crippen molar-refractivity contribution >= 4 is 34.7 Å². The minimum atomic E-state index is -2.81. The number of carbonyl (C=O) groups is 4. The number of amides is 1. The molecule has 5 rings (SSSR count). The topological polar surface area (TPSA) is 208 Å². The Kier molecular flexibility index (Phi) is 6.80. The van der Waals surface area contributed by atoms with Crippen LogP contribution in [0.2, 0.25) is 0 Å². The van der Waals surface area contributed by atoms with Crippen LogP contribution in [0.3, 0.4) is 0 Å². The lowest BCUT2D eigenvalue weighted by atomic mass is 9.55. The highest BCUT2D eigenvalue weighted by Gasteiger charge is 2.67. The number of hydrogen-bond acceptors (Lipinski definition) is 11. The van der Waals surface area contributed by atoms with E-state index in [2.05, 4.69) is 0 Å². The van der Waals surface area contributed by atoms with Gasteiger partial charge in [-0.15, -0.1) is 0 Å². The molecule has 0 aliphatic heterocycles. The molecular formula is C31H34N4O8. The first-order valence-electron chi connectivity index (χ1n) is 13.6. The molecule has 226 valence electrons. The summed E-state index contributed by atoms with van der Waals surface area (Å²) in [5.74, 6) is -7.08. The largest absolute Gasteiger partial charge is 0.508 e. The first-order valence-corrected chi connectivity index (χ1v) is 13.6. The van der Waals surface area contributed by atoms with Gasteiger partial charge < -0.3 is 36.8 Å². The van der Waals surface area contributed by atoms with Crippen molar-refractivity contribution in [2.24, 2.45) is 17.4 Å². The molecule has 0 unspecified atom stereocenters. The second kappa shape index (κ2) is 9.76. The molecule has 1 fully saturated rings. The Balaban J connectivity index is 1.79. The van der Waals surface area contributed by atoms with Crippen LogP contribution in [0.1, 0.15) is 34.8 Å². The second-order valence-electron chi connectivity index (χ2n) is 12.0. The van der Waals surface area contributed by atoms with Gasteiger partial charge in [-0.3, -0.25) is 24.1 Å². The van der Waals surface area contributed by atoms with Crippen LogP contribution in [0.15, 0.2) is 47.2 Å². The number of benzene rings is 2. The van der Waals surface area contributed by atoms with Crippen molar-refractivity contribution < 1.29 is 39.6 Å². The summed E-state index contributed by atoms with van der Waals surface area (Å²) >= 11 is 0. The van der Waals surface area contributed by atoms with E-state index in [0.29, 0.717) is 27.9 Å². The normalized spacial score (nSPS) is 26.7. The third-order valence-corrected chi connectivity index (χ3v) is 8.92. The standard InChI is InChI=1S/C31H34N4O8/c1-13(36)14-6-8-15(9-7-14)16-10-19(34(2)3)17-11-30(33)12-18-23(35(4)5)26(39)21(29(32)42)27(40)31(18,43)28(41)22(30)25(38)20(17)24(16)37/h6-10,18,23,37-38,40,43H,11-12,33H2,1-5H3,(H2,32,42)/t18-,23-,30+,31+/m0/s1. The summed E-state index contributed by atoms with van der Waals surface area (Å²) in [5, 5.41) is 46.2. The summed E-state index contributed by atoms with van der Waals surface area (Å²) in [6.07, 6.45) is -0.327. The molecule has 3 aliphatic rings. The summed E-state index contributed by atoms with van der Waals surface area (Å²) < 4.78 is 0. The van der Waals surface area contributed by atoms with Crippen LogP contribution >= 0.6 is 0 Å². The third-order valence-electron chi connectivity index (χ3n) is 8.92. The molecule has 12 heteroatoms. The van der Waals surface area contributed by atoms with Gasteiger partial charge in [-0.2, -0.15) is 0 Å². The van der Waals surface area contributed by atoms with E-state index in [1.165, 1.54) is 25.9 Å². The lowest BCUT2D eigenvalue weighted by Crippen LogP contribution is -2.70. The highest BCUT2D eigenvalue weighted by atomic mass is 16.3. The molecule has 12 nitrogen and oxygen atoms in total. The Hall–Kier alpha value is -4.52. The number of phenolic OH excluding ortho intramolecular Hbond substituents is 1. The molecule has 0 aromatic heterocycles. The van der Waals surface area contributed by atoms with E-state index < -0.39 is 63.2 Å². The van der Waals surface area contributed by atoms with Gasteiger partial charge >= 0.3 is 0 Å². The summed E-state index contributed by atoms with van der Waals surface area (Å²) in [6.45, 7) is 1.43. The highest BCUT2D eigenvalue weighted by Crippen LogP contribution is 2.55. The molecule has 1 amide bonds. The monoisotopic (exact) mass is 590 g/mol. The fraction of sp³-hybridized carbons (Fsp3) is 0.355. The number of fused-ring (bicyclic) bond motifs is 3. The average Bonchev–Trinajstić information content (AvgIpc) is 2.90. The molecule has 0 saturated heterocycles. The van der Waals surface area contributed by atoms with Gasteiger partial charge in [-0.25, -0.2) is 0 Å². The van der Waals surface area contributed by atoms with Crippen LogP contribution < -0.4 is 16.4 Å². The number of anilines is 1. The second-order valence-corrected chi connectivity index (χ2v) is 12.0. The molecule has 0 bridgehead atoms. The first-order chi connectivity index (χ1) is 20.0.